The molecule has 0 unspecified atom stereocenters. The SMILES string of the molecule is O=C(NCc1ccccn1)c1ccc(CS(=O)(=O)c2ccccc2)o1. The van der Waals surface area contributed by atoms with Gasteiger partial charge < -0.3 is 9.73 Å². The maximum atomic E-state index is 12.3. The van der Waals surface area contributed by atoms with E-state index in [-0.39, 0.29) is 28.7 Å². The number of amides is 1. The van der Waals surface area contributed by atoms with Crippen molar-refractivity contribution >= 4 is 15.7 Å². The maximum absolute atomic E-state index is 12.3. The lowest BCUT2D eigenvalue weighted by molar-refractivity contribution is 0.0921. The predicted molar refractivity (Wildman–Crippen MR) is 91.4 cm³/mol. The van der Waals surface area contributed by atoms with Gasteiger partial charge in [-0.2, -0.15) is 0 Å². The first kappa shape index (κ1) is 16.9. The van der Waals surface area contributed by atoms with Gasteiger partial charge in [0.25, 0.3) is 5.91 Å². The number of benzene rings is 1. The minimum absolute atomic E-state index is 0.0641. The topological polar surface area (TPSA) is 89.3 Å². The van der Waals surface area contributed by atoms with E-state index in [0.29, 0.717) is 5.69 Å². The first-order valence-corrected chi connectivity index (χ1v) is 9.24. The van der Waals surface area contributed by atoms with E-state index in [0.717, 1.165) is 0 Å². The molecule has 6 nitrogen and oxygen atoms in total. The molecule has 3 rings (SSSR count). The summed E-state index contributed by atoms with van der Waals surface area (Å²) in [7, 11) is -3.52. The minimum Gasteiger partial charge on any atom is -0.455 e. The van der Waals surface area contributed by atoms with Crippen LogP contribution in [0.2, 0.25) is 0 Å². The van der Waals surface area contributed by atoms with Crippen LogP contribution >= 0.6 is 0 Å². The van der Waals surface area contributed by atoms with E-state index in [1.807, 2.05) is 6.07 Å². The number of hydrogen-bond donors (Lipinski definition) is 1. The molecule has 0 aliphatic heterocycles. The number of carbonyl (C=O) groups is 1. The van der Waals surface area contributed by atoms with E-state index in [4.69, 9.17) is 4.42 Å². The van der Waals surface area contributed by atoms with Crippen molar-refractivity contribution in [3.05, 3.63) is 84.1 Å². The van der Waals surface area contributed by atoms with E-state index >= 15 is 0 Å². The van der Waals surface area contributed by atoms with Gasteiger partial charge in [0.1, 0.15) is 11.5 Å². The fraction of sp³-hybridized carbons (Fsp3) is 0.111. The van der Waals surface area contributed by atoms with Crippen molar-refractivity contribution < 1.29 is 17.6 Å². The van der Waals surface area contributed by atoms with Crippen LogP contribution in [0, 0.1) is 0 Å². The molecule has 0 saturated heterocycles. The van der Waals surface area contributed by atoms with Crippen LogP contribution in [0.25, 0.3) is 0 Å². The number of aromatic nitrogens is 1. The number of pyridine rings is 1. The molecular weight excluding hydrogens is 340 g/mol. The molecule has 0 saturated carbocycles. The molecule has 1 aromatic carbocycles. The van der Waals surface area contributed by atoms with Crippen molar-refractivity contribution in [2.45, 2.75) is 17.2 Å². The van der Waals surface area contributed by atoms with Gasteiger partial charge >= 0.3 is 0 Å². The summed E-state index contributed by atoms with van der Waals surface area (Å²) >= 11 is 0. The maximum Gasteiger partial charge on any atom is 0.287 e. The average molecular weight is 356 g/mol. The smallest absolute Gasteiger partial charge is 0.287 e. The lowest BCUT2D eigenvalue weighted by Crippen LogP contribution is -2.22. The summed E-state index contributed by atoms with van der Waals surface area (Å²) in [4.78, 5) is 16.4. The van der Waals surface area contributed by atoms with Crippen LogP contribution in [0.4, 0.5) is 0 Å². The molecule has 1 amide bonds. The zero-order valence-electron chi connectivity index (χ0n) is 13.3. The number of furan rings is 1. The molecule has 2 heterocycles. The Bertz CT molecular complexity index is 951. The van der Waals surface area contributed by atoms with Gasteiger partial charge in [-0.05, 0) is 36.4 Å². The Balaban J connectivity index is 1.65. The Kier molecular flexibility index (Phi) is 4.95. The molecule has 0 spiro atoms. The monoisotopic (exact) mass is 356 g/mol. The molecule has 2 aromatic heterocycles. The number of nitrogens with one attached hydrogen (secondary N) is 1. The van der Waals surface area contributed by atoms with Crippen LogP contribution in [0.1, 0.15) is 22.0 Å². The van der Waals surface area contributed by atoms with Crippen LogP contribution in [0.5, 0.6) is 0 Å². The highest BCUT2D eigenvalue weighted by Gasteiger charge is 2.19. The van der Waals surface area contributed by atoms with Gasteiger partial charge in [0.15, 0.2) is 15.6 Å². The van der Waals surface area contributed by atoms with Gasteiger partial charge in [-0.25, -0.2) is 8.42 Å². The number of carbonyl (C=O) groups excluding carboxylic acids is 1. The van der Waals surface area contributed by atoms with E-state index in [9.17, 15) is 13.2 Å². The van der Waals surface area contributed by atoms with Gasteiger partial charge in [0.2, 0.25) is 0 Å². The lowest BCUT2D eigenvalue weighted by atomic mass is 10.3. The quantitative estimate of drug-likeness (QED) is 0.733. The van der Waals surface area contributed by atoms with E-state index in [1.54, 1.807) is 36.5 Å². The largest absolute Gasteiger partial charge is 0.455 e. The summed E-state index contributed by atoms with van der Waals surface area (Å²) < 4.78 is 30.0. The average Bonchev–Trinajstić information content (AvgIpc) is 3.09. The predicted octanol–water partition coefficient (Wildman–Crippen LogP) is 2.58. The lowest BCUT2D eigenvalue weighted by Gasteiger charge is -2.03. The van der Waals surface area contributed by atoms with E-state index in [1.165, 1.54) is 24.3 Å². The standard InChI is InChI=1S/C18H16N2O4S/c21-18(20-12-14-6-4-5-11-19-14)17-10-9-15(24-17)13-25(22,23)16-7-2-1-3-8-16/h1-11H,12-13H2,(H,20,21). The van der Waals surface area contributed by atoms with Crippen LogP contribution in [-0.2, 0) is 22.1 Å². The Morgan fingerprint density at radius 3 is 2.48 bits per heavy atom. The first-order valence-electron chi connectivity index (χ1n) is 7.59. The Morgan fingerprint density at radius 1 is 1.00 bits per heavy atom. The summed E-state index contributed by atoms with van der Waals surface area (Å²) in [6, 6.07) is 16.5. The highest BCUT2D eigenvalue weighted by atomic mass is 32.2. The Hall–Kier alpha value is -2.93. The third-order valence-electron chi connectivity index (χ3n) is 3.48. The fourth-order valence-electron chi connectivity index (χ4n) is 2.24. The van der Waals surface area contributed by atoms with Gasteiger partial charge in [0.05, 0.1) is 17.1 Å². The zero-order valence-corrected chi connectivity index (χ0v) is 14.1. The molecule has 25 heavy (non-hydrogen) atoms. The van der Waals surface area contributed by atoms with Gasteiger partial charge in [-0.1, -0.05) is 24.3 Å². The van der Waals surface area contributed by atoms with Crippen molar-refractivity contribution in [2.75, 3.05) is 0 Å². The van der Waals surface area contributed by atoms with Crippen LogP contribution < -0.4 is 5.32 Å². The highest BCUT2D eigenvalue weighted by molar-refractivity contribution is 7.90. The molecule has 1 N–H and O–H groups in total. The summed E-state index contributed by atoms with van der Waals surface area (Å²) in [6.45, 7) is 0.262. The van der Waals surface area contributed by atoms with Gasteiger partial charge in [-0.3, -0.25) is 9.78 Å². The number of rotatable bonds is 6. The molecule has 0 fully saturated rings. The van der Waals surface area contributed by atoms with Crippen LogP contribution in [-0.4, -0.2) is 19.3 Å². The second-order valence-corrected chi connectivity index (χ2v) is 7.33. The molecule has 7 heteroatoms. The summed E-state index contributed by atoms with van der Waals surface area (Å²) in [6.07, 6.45) is 1.64. The molecule has 0 atom stereocenters. The molecular formula is C18H16N2O4S. The van der Waals surface area contributed by atoms with Crippen molar-refractivity contribution in [3.8, 4) is 0 Å². The molecule has 128 valence electrons. The van der Waals surface area contributed by atoms with E-state index in [2.05, 4.69) is 10.3 Å². The molecule has 0 radical (unpaired) electrons. The van der Waals surface area contributed by atoms with Crippen LogP contribution in [0.15, 0.2) is 76.2 Å². The minimum atomic E-state index is -3.52. The highest BCUT2D eigenvalue weighted by Crippen LogP contribution is 2.18. The number of nitrogens with zero attached hydrogens (tertiary/aromatic N) is 1. The third-order valence-corrected chi connectivity index (χ3v) is 5.13. The van der Waals surface area contributed by atoms with Crippen molar-refractivity contribution in [1.82, 2.24) is 10.3 Å². The van der Waals surface area contributed by atoms with Crippen molar-refractivity contribution in [1.29, 1.82) is 0 Å². The normalized spacial score (nSPS) is 11.2. The van der Waals surface area contributed by atoms with Crippen molar-refractivity contribution in [2.24, 2.45) is 0 Å². The molecule has 0 bridgehead atoms. The zero-order chi connectivity index (χ0) is 17.7. The molecule has 0 aliphatic carbocycles. The Labute approximate surface area is 145 Å². The summed E-state index contributed by atoms with van der Waals surface area (Å²) in [5.74, 6) is -0.445. The van der Waals surface area contributed by atoms with Gasteiger partial charge in [-0.15, -0.1) is 0 Å². The second-order valence-electron chi connectivity index (χ2n) is 5.34. The van der Waals surface area contributed by atoms with E-state index < -0.39 is 15.7 Å². The number of hydrogen-bond acceptors (Lipinski definition) is 5. The van der Waals surface area contributed by atoms with Gasteiger partial charge in [0, 0.05) is 6.20 Å². The third kappa shape index (κ3) is 4.33. The molecule has 0 aliphatic rings. The number of sulfone groups is 1. The molecule has 3 aromatic rings. The van der Waals surface area contributed by atoms with Crippen molar-refractivity contribution in [3.63, 3.8) is 0 Å². The Morgan fingerprint density at radius 2 is 1.76 bits per heavy atom. The van der Waals surface area contributed by atoms with Crippen LogP contribution in [0.3, 0.4) is 0 Å². The first-order chi connectivity index (χ1) is 12.0. The summed E-state index contributed by atoms with van der Waals surface area (Å²) in [5.41, 5.74) is 0.717. The fourth-order valence-corrected chi connectivity index (χ4v) is 3.50. The summed E-state index contributed by atoms with van der Waals surface area (Å²) in [5, 5.41) is 2.68. The second kappa shape index (κ2) is 7.31.